The third-order valence-electron chi connectivity index (χ3n) is 6.69. The predicted molar refractivity (Wildman–Crippen MR) is 131 cm³/mol. The van der Waals surface area contributed by atoms with Gasteiger partial charge in [-0.15, -0.1) is 24.0 Å². The number of nitrogens with one attached hydrogen (secondary N) is 1. The van der Waals surface area contributed by atoms with Crippen molar-refractivity contribution in [3.8, 4) is 0 Å². The van der Waals surface area contributed by atoms with Crippen LogP contribution in [0.4, 0.5) is 0 Å². The van der Waals surface area contributed by atoms with E-state index in [0.29, 0.717) is 0 Å². The fourth-order valence-corrected chi connectivity index (χ4v) is 4.86. The molecule has 2 saturated heterocycles. The lowest BCUT2D eigenvalue weighted by Gasteiger charge is -2.29. The summed E-state index contributed by atoms with van der Waals surface area (Å²) in [5.41, 5.74) is 0. The third kappa shape index (κ3) is 8.23. The largest absolute Gasteiger partial charge is 0.356 e. The number of halogens is 1. The molecule has 1 atom stereocenters. The Balaban J connectivity index is 0.00000300. The second-order valence-electron chi connectivity index (χ2n) is 9.27. The molecule has 3 rings (SSSR count). The van der Waals surface area contributed by atoms with E-state index < -0.39 is 0 Å². The van der Waals surface area contributed by atoms with Crippen LogP contribution in [0.5, 0.6) is 0 Å². The molecule has 0 radical (unpaired) electrons. The molecule has 29 heavy (non-hydrogen) atoms. The molecule has 0 aromatic carbocycles. The van der Waals surface area contributed by atoms with E-state index in [1.165, 1.54) is 77.4 Å². The molecular formula is C22H42IN5O. The smallest absolute Gasteiger partial charge is 0.243 e. The normalized spacial score (nSPS) is 24.3. The molecule has 1 amide bonds. The van der Waals surface area contributed by atoms with Gasteiger partial charge in [0.15, 0.2) is 5.96 Å². The first kappa shape index (κ1) is 24.7. The standard InChI is InChI=1S/C22H41N5O.HI/c1-25(2)21(28)16-24-22(23-15-19-9-5-3-6-10-19)27-14-11-20(18-27)17-26-12-7-4-8-13-26;/h19-20H,3-18H2,1-2H3,(H,23,24);1H. The number of likely N-dealkylation sites (tertiary alicyclic amines) is 2. The fourth-order valence-electron chi connectivity index (χ4n) is 4.86. The summed E-state index contributed by atoms with van der Waals surface area (Å²) >= 11 is 0. The highest BCUT2D eigenvalue weighted by molar-refractivity contribution is 14.0. The summed E-state index contributed by atoms with van der Waals surface area (Å²) in [6.07, 6.45) is 12.1. The summed E-state index contributed by atoms with van der Waals surface area (Å²) in [7, 11) is 3.61. The van der Waals surface area contributed by atoms with Gasteiger partial charge >= 0.3 is 0 Å². The average Bonchev–Trinajstić information content (AvgIpc) is 3.17. The minimum atomic E-state index is 0. The van der Waals surface area contributed by atoms with Crippen LogP contribution in [0.1, 0.15) is 57.8 Å². The first-order chi connectivity index (χ1) is 13.6. The van der Waals surface area contributed by atoms with Crippen LogP contribution in [-0.2, 0) is 4.79 Å². The first-order valence-electron chi connectivity index (χ1n) is 11.6. The number of hydrogen-bond donors (Lipinski definition) is 1. The van der Waals surface area contributed by atoms with Crippen molar-refractivity contribution in [2.75, 3.05) is 59.9 Å². The van der Waals surface area contributed by atoms with Crippen LogP contribution in [0.25, 0.3) is 0 Å². The second kappa shape index (κ2) is 13.0. The van der Waals surface area contributed by atoms with Crippen molar-refractivity contribution in [2.45, 2.75) is 57.8 Å². The Morgan fingerprint density at radius 1 is 0.966 bits per heavy atom. The summed E-state index contributed by atoms with van der Waals surface area (Å²) in [6.45, 7) is 7.15. The molecule has 3 aliphatic rings. The number of aliphatic imine (C=N–C) groups is 1. The third-order valence-corrected chi connectivity index (χ3v) is 6.69. The topological polar surface area (TPSA) is 51.2 Å². The maximum absolute atomic E-state index is 12.1. The number of carbonyl (C=O) groups is 1. The lowest BCUT2D eigenvalue weighted by Crippen LogP contribution is -2.43. The zero-order valence-corrected chi connectivity index (χ0v) is 20.9. The molecule has 1 saturated carbocycles. The average molecular weight is 520 g/mol. The Kier molecular flexibility index (Phi) is 11.0. The highest BCUT2D eigenvalue weighted by Gasteiger charge is 2.27. The van der Waals surface area contributed by atoms with E-state index in [9.17, 15) is 4.79 Å². The molecule has 0 aromatic rings. The van der Waals surface area contributed by atoms with E-state index >= 15 is 0 Å². The Hall–Kier alpha value is -0.570. The van der Waals surface area contributed by atoms with Crippen molar-refractivity contribution in [3.05, 3.63) is 0 Å². The number of carbonyl (C=O) groups excluding carboxylic acids is 1. The van der Waals surface area contributed by atoms with Crippen molar-refractivity contribution < 1.29 is 4.79 Å². The van der Waals surface area contributed by atoms with Crippen LogP contribution in [-0.4, -0.2) is 86.5 Å². The SMILES string of the molecule is CN(C)C(=O)CN=C(NCC1CCCCC1)N1CCC(CN2CCCCC2)C1.I. The van der Waals surface area contributed by atoms with Crippen LogP contribution in [0.3, 0.4) is 0 Å². The van der Waals surface area contributed by atoms with Gasteiger partial charge < -0.3 is 20.0 Å². The number of piperidine rings is 1. The second-order valence-corrected chi connectivity index (χ2v) is 9.27. The number of nitrogens with zero attached hydrogens (tertiary/aromatic N) is 4. The van der Waals surface area contributed by atoms with E-state index in [4.69, 9.17) is 4.99 Å². The molecule has 1 unspecified atom stereocenters. The minimum absolute atomic E-state index is 0. The molecule has 0 aromatic heterocycles. The summed E-state index contributed by atoms with van der Waals surface area (Å²) in [5.74, 6) is 2.52. The molecule has 1 N–H and O–H groups in total. The highest BCUT2D eigenvalue weighted by atomic mass is 127. The van der Waals surface area contributed by atoms with Crippen LogP contribution in [0.15, 0.2) is 4.99 Å². The molecule has 0 spiro atoms. The zero-order valence-electron chi connectivity index (χ0n) is 18.6. The Bertz CT molecular complexity index is 515. The van der Waals surface area contributed by atoms with Gasteiger partial charge in [0.05, 0.1) is 0 Å². The van der Waals surface area contributed by atoms with E-state index in [-0.39, 0.29) is 36.4 Å². The van der Waals surface area contributed by atoms with Gasteiger partial charge in [-0.3, -0.25) is 4.79 Å². The maximum atomic E-state index is 12.1. The van der Waals surface area contributed by atoms with Crippen molar-refractivity contribution in [1.29, 1.82) is 0 Å². The van der Waals surface area contributed by atoms with E-state index in [1.54, 1.807) is 19.0 Å². The fraction of sp³-hybridized carbons (Fsp3) is 0.909. The van der Waals surface area contributed by atoms with Crippen molar-refractivity contribution in [3.63, 3.8) is 0 Å². The van der Waals surface area contributed by atoms with E-state index in [1.807, 2.05) is 0 Å². The molecule has 7 heteroatoms. The van der Waals surface area contributed by atoms with Gasteiger partial charge in [0.2, 0.25) is 5.91 Å². The molecule has 0 bridgehead atoms. The van der Waals surface area contributed by atoms with Gasteiger partial charge in [-0.2, -0.15) is 0 Å². The number of likely N-dealkylation sites (N-methyl/N-ethyl adjacent to an activating group) is 1. The van der Waals surface area contributed by atoms with Gasteiger partial charge in [0.1, 0.15) is 6.54 Å². The summed E-state index contributed by atoms with van der Waals surface area (Å²) in [6, 6.07) is 0. The van der Waals surface area contributed by atoms with Crippen LogP contribution in [0, 0.1) is 11.8 Å². The Morgan fingerprint density at radius 2 is 1.66 bits per heavy atom. The van der Waals surface area contributed by atoms with E-state index in [2.05, 4.69) is 15.1 Å². The first-order valence-corrected chi connectivity index (χ1v) is 11.6. The molecular weight excluding hydrogens is 477 g/mol. The quantitative estimate of drug-likeness (QED) is 0.333. The van der Waals surface area contributed by atoms with Crippen LogP contribution < -0.4 is 5.32 Å². The number of hydrogen-bond acceptors (Lipinski definition) is 3. The van der Waals surface area contributed by atoms with Crippen LogP contribution >= 0.6 is 24.0 Å². The lowest BCUT2D eigenvalue weighted by molar-refractivity contribution is -0.127. The molecule has 3 fully saturated rings. The Labute approximate surface area is 194 Å². The van der Waals surface area contributed by atoms with Gasteiger partial charge in [-0.1, -0.05) is 25.7 Å². The van der Waals surface area contributed by atoms with Crippen molar-refractivity contribution in [1.82, 2.24) is 20.0 Å². The summed E-state index contributed by atoms with van der Waals surface area (Å²) in [4.78, 5) is 23.5. The van der Waals surface area contributed by atoms with Crippen molar-refractivity contribution in [2.24, 2.45) is 16.8 Å². The number of rotatable bonds is 6. The number of guanidine groups is 1. The molecule has 2 aliphatic heterocycles. The predicted octanol–water partition coefficient (Wildman–Crippen LogP) is 3.03. The van der Waals surface area contributed by atoms with Gasteiger partial charge in [0, 0.05) is 40.3 Å². The zero-order chi connectivity index (χ0) is 19.8. The molecule has 168 valence electrons. The molecule has 6 nitrogen and oxygen atoms in total. The van der Waals surface area contributed by atoms with Gasteiger partial charge in [0.25, 0.3) is 0 Å². The summed E-state index contributed by atoms with van der Waals surface area (Å²) < 4.78 is 0. The maximum Gasteiger partial charge on any atom is 0.243 e. The Morgan fingerprint density at radius 3 is 2.34 bits per heavy atom. The molecule has 1 aliphatic carbocycles. The van der Waals surface area contributed by atoms with Gasteiger partial charge in [-0.25, -0.2) is 4.99 Å². The highest BCUT2D eigenvalue weighted by Crippen LogP contribution is 2.23. The van der Waals surface area contributed by atoms with Gasteiger partial charge in [-0.05, 0) is 57.0 Å². The van der Waals surface area contributed by atoms with E-state index in [0.717, 1.165) is 37.4 Å². The molecule has 2 heterocycles. The number of amides is 1. The van der Waals surface area contributed by atoms with Crippen molar-refractivity contribution >= 4 is 35.8 Å². The van der Waals surface area contributed by atoms with Crippen LogP contribution in [0.2, 0.25) is 0 Å². The minimum Gasteiger partial charge on any atom is -0.356 e. The summed E-state index contributed by atoms with van der Waals surface area (Å²) in [5, 5.41) is 3.64. The monoisotopic (exact) mass is 519 g/mol. The lowest BCUT2D eigenvalue weighted by atomic mass is 9.89.